The van der Waals surface area contributed by atoms with Crippen molar-refractivity contribution >= 4 is 32.7 Å². The zero-order valence-corrected chi connectivity index (χ0v) is 20.8. The van der Waals surface area contributed by atoms with Crippen LogP contribution in [-0.4, -0.2) is 54.5 Å². The summed E-state index contributed by atoms with van der Waals surface area (Å²) in [7, 11) is -3.60. The molecule has 2 aromatic carbocycles. The summed E-state index contributed by atoms with van der Waals surface area (Å²) < 4.78 is 35.0. The van der Waals surface area contributed by atoms with Gasteiger partial charge in [0.15, 0.2) is 0 Å². The fourth-order valence-electron chi connectivity index (χ4n) is 4.19. The van der Waals surface area contributed by atoms with E-state index in [1.807, 2.05) is 38.1 Å². The van der Waals surface area contributed by atoms with Gasteiger partial charge in [-0.1, -0.05) is 13.0 Å². The molecule has 9 heteroatoms. The standard InChI is InChI=1S/C25H32N4O4S/c1-4-11-29-23-8-7-21(34(31,32)28-12-14-33-15-13-28)17-22(23)27-24(29)9-10-25(30)26-20-6-5-18(2)19(3)16-20/h5-8,16-17H,4,9-15H2,1-3H3,(H,26,30). The van der Waals surface area contributed by atoms with E-state index < -0.39 is 10.0 Å². The molecule has 0 saturated carbocycles. The summed E-state index contributed by atoms with van der Waals surface area (Å²) in [6.45, 7) is 8.40. The van der Waals surface area contributed by atoms with Gasteiger partial charge in [0.05, 0.1) is 29.1 Å². The smallest absolute Gasteiger partial charge is 0.243 e. The number of imidazole rings is 1. The third-order valence-electron chi connectivity index (χ3n) is 6.22. The molecule has 0 atom stereocenters. The van der Waals surface area contributed by atoms with Crippen molar-refractivity contribution in [3.05, 3.63) is 53.3 Å². The van der Waals surface area contributed by atoms with Gasteiger partial charge in [-0.15, -0.1) is 0 Å². The largest absolute Gasteiger partial charge is 0.379 e. The molecule has 1 fully saturated rings. The third-order valence-corrected chi connectivity index (χ3v) is 8.11. The molecule has 1 saturated heterocycles. The van der Waals surface area contributed by atoms with Crippen LogP contribution < -0.4 is 5.32 Å². The van der Waals surface area contributed by atoms with Gasteiger partial charge in [0.2, 0.25) is 15.9 Å². The van der Waals surface area contributed by atoms with Crippen molar-refractivity contribution in [2.24, 2.45) is 0 Å². The molecule has 0 radical (unpaired) electrons. The number of hydrogen-bond acceptors (Lipinski definition) is 5. The first-order valence-corrected chi connectivity index (χ1v) is 13.2. The molecule has 2 heterocycles. The summed E-state index contributed by atoms with van der Waals surface area (Å²) in [4.78, 5) is 17.6. The second-order valence-electron chi connectivity index (χ2n) is 8.69. The van der Waals surface area contributed by atoms with E-state index in [0.717, 1.165) is 35.6 Å². The first-order valence-electron chi connectivity index (χ1n) is 11.7. The SMILES string of the molecule is CCCn1c(CCC(=O)Nc2ccc(C)c(C)c2)nc2cc(S(=O)(=O)N3CCOCC3)ccc21. The van der Waals surface area contributed by atoms with Gasteiger partial charge < -0.3 is 14.6 Å². The Morgan fingerprint density at radius 1 is 1.09 bits per heavy atom. The highest BCUT2D eigenvalue weighted by molar-refractivity contribution is 7.89. The van der Waals surface area contributed by atoms with Crippen LogP contribution in [0.25, 0.3) is 11.0 Å². The Hall–Kier alpha value is -2.75. The molecule has 1 N–H and O–H groups in total. The lowest BCUT2D eigenvalue weighted by molar-refractivity contribution is -0.116. The van der Waals surface area contributed by atoms with Gasteiger partial charge >= 0.3 is 0 Å². The molecule has 0 bridgehead atoms. The van der Waals surface area contributed by atoms with Crippen molar-refractivity contribution in [1.29, 1.82) is 0 Å². The van der Waals surface area contributed by atoms with Crippen LogP contribution >= 0.6 is 0 Å². The lowest BCUT2D eigenvalue weighted by atomic mass is 10.1. The van der Waals surface area contributed by atoms with Crippen LogP contribution in [0.15, 0.2) is 41.3 Å². The minimum Gasteiger partial charge on any atom is -0.379 e. The number of benzene rings is 2. The minimum atomic E-state index is -3.60. The van der Waals surface area contributed by atoms with E-state index in [2.05, 4.69) is 16.8 Å². The van der Waals surface area contributed by atoms with E-state index in [1.54, 1.807) is 12.1 Å². The van der Waals surface area contributed by atoms with Crippen LogP contribution in [0.1, 0.15) is 36.7 Å². The van der Waals surface area contributed by atoms with Crippen molar-refractivity contribution in [3.63, 3.8) is 0 Å². The van der Waals surface area contributed by atoms with Gasteiger partial charge in [0.25, 0.3) is 0 Å². The number of hydrogen-bond donors (Lipinski definition) is 1. The summed E-state index contributed by atoms with van der Waals surface area (Å²) in [5.41, 5.74) is 4.61. The molecule has 1 aliphatic heterocycles. The Labute approximate surface area is 201 Å². The molecule has 3 aromatic rings. The Bertz CT molecular complexity index is 1290. The van der Waals surface area contributed by atoms with Crippen molar-refractivity contribution in [1.82, 2.24) is 13.9 Å². The summed E-state index contributed by atoms with van der Waals surface area (Å²) in [5, 5.41) is 2.96. The molecule has 0 unspecified atom stereocenters. The number of rotatable bonds is 8. The molecule has 182 valence electrons. The van der Waals surface area contributed by atoms with Crippen LogP contribution in [0.5, 0.6) is 0 Å². The zero-order chi connectivity index (χ0) is 24.3. The predicted octanol–water partition coefficient (Wildman–Crippen LogP) is 3.66. The number of aromatic nitrogens is 2. The van der Waals surface area contributed by atoms with Gasteiger partial charge in [0.1, 0.15) is 5.82 Å². The summed E-state index contributed by atoms with van der Waals surface area (Å²) in [6, 6.07) is 11.0. The quantitative estimate of drug-likeness (QED) is 0.527. The van der Waals surface area contributed by atoms with E-state index in [1.165, 1.54) is 9.87 Å². The van der Waals surface area contributed by atoms with E-state index in [-0.39, 0.29) is 10.8 Å². The second kappa shape index (κ2) is 10.2. The number of anilines is 1. The maximum atomic E-state index is 13.1. The Morgan fingerprint density at radius 3 is 2.56 bits per heavy atom. The third kappa shape index (κ3) is 5.16. The maximum absolute atomic E-state index is 13.1. The van der Waals surface area contributed by atoms with E-state index in [0.29, 0.717) is 44.7 Å². The van der Waals surface area contributed by atoms with Crippen LogP contribution in [0, 0.1) is 13.8 Å². The second-order valence-corrected chi connectivity index (χ2v) is 10.6. The highest BCUT2D eigenvalue weighted by Gasteiger charge is 2.27. The summed E-state index contributed by atoms with van der Waals surface area (Å²) in [6.07, 6.45) is 1.66. The van der Waals surface area contributed by atoms with E-state index >= 15 is 0 Å². The van der Waals surface area contributed by atoms with Gasteiger partial charge in [-0.05, 0) is 61.7 Å². The lowest BCUT2D eigenvalue weighted by Gasteiger charge is -2.26. The number of fused-ring (bicyclic) bond motifs is 1. The maximum Gasteiger partial charge on any atom is 0.243 e. The first-order chi connectivity index (χ1) is 16.3. The number of carbonyl (C=O) groups is 1. The number of carbonyl (C=O) groups excluding carboxylic acids is 1. The van der Waals surface area contributed by atoms with Crippen molar-refractivity contribution in [2.75, 3.05) is 31.6 Å². The number of sulfonamides is 1. The molecule has 0 aliphatic carbocycles. The summed E-state index contributed by atoms with van der Waals surface area (Å²) in [5.74, 6) is 0.710. The molecular formula is C25H32N4O4S. The molecule has 1 amide bonds. The number of nitrogens with zero attached hydrogens (tertiary/aromatic N) is 3. The number of aryl methyl sites for hydroxylation is 4. The van der Waals surface area contributed by atoms with Crippen LogP contribution in [-0.2, 0) is 32.5 Å². The average Bonchev–Trinajstić information content (AvgIpc) is 3.17. The van der Waals surface area contributed by atoms with Crippen molar-refractivity contribution < 1.29 is 17.9 Å². The predicted molar refractivity (Wildman–Crippen MR) is 132 cm³/mol. The molecule has 34 heavy (non-hydrogen) atoms. The van der Waals surface area contributed by atoms with Crippen LogP contribution in [0.2, 0.25) is 0 Å². The summed E-state index contributed by atoms with van der Waals surface area (Å²) >= 11 is 0. The van der Waals surface area contributed by atoms with Gasteiger partial charge in [-0.25, -0.2) is 13.4 Å². The van der Waals surface area contributed by atoms with E-state index in [9.17, 15) is 13.2 Å². The number of morpholine rings is 1. The zero-order valence-electron chi connectivity index (χ0n) is 20.0. The fraction of sp³-hybridized carbons (Fsp3) is 0.440. The van der Waals surface area contributed by atoms with Crippen LogP contribution in [0.4, 0.5) is 5.69 Å². The number of nitrogens with one attached hydrogen (secondary N) is 1. The van der Waals surface area contributed by atoms with Gasteiger partial charge in [-0.3, -0.25) is 4.79 Å². The van der Waals surface area contributed by atoms with E-state index in [4.69, 9.17) is 9.72 Å². The van der Waals surface area contributed by atoms with Gasteiger partial charge in [-0.2, -0.15) is 4.31 Å². The minimum absolute atomic E-state index is 0.0751. The molecule has 4 rings (SSSR count). The molecule has 8 nitrogen and oxygen atoms in total. The number of ether oxygens (including phenoxy) is 1. The highest BCUT2D eigenvalue weighted by Crippen LogP contribution is 2.24. The lowest BCUT2D eigenvalue weighted by Crippen LogP contribution is -2.40. The van der Waals surface area contributed by atoms with Crippen LogP contribution in [0.3, 0.4) is 0 Å². The van der Waals surface area contributed by atoms with Crippen molar-refractivity contribution in [3.8, 4) is 0 Å². The topological polar surface area (TPSA) is 93.5 Å². The Kier molecular flexibility index (Phi) is 7.35. The number of amides is 1. The average molecular weight is 485 g/mol. The molecule has 1 aliphatic rings. The monoisotopic (exact) mass is 484 g/mol. The normalized spacial score (nSPS) is 15.0. The molecule has 0 spiro atoms. The Balaban J connectivity index is 1.54. The highest BCUT2D eigenvalue weighted by atomic mass is 32.2. The first kappa shape index (κ1) is 24.4. The fourth-order valence-corrected chi connectivity index (χ4v) is 5.62. The Morgan fingerprint density at radius 2 is 1.85 bits per heavy atom. The molecule has 1 aromatic heterocycles. The van der Waals surface area contributed by atoms with Crippen molar-refractivity contribution in [2.45, 2.75) is 51.5 Å². The van der Waals surface area contributed by atoms with Gasteiger partial charge in [0, 0.05) is 38.2 Å². The molecular weight excluding hydrogens is 452 g/mol.